The Kier molecular flexibility index (Phi) is 6.71. The molecule has 0 radical (unpaired) electrons. The van der Waals surface area contributed by atoms with Gasteiger partial charge in [-0.25, -0.2) is 9.18 Å². The van der Waals surface area contributed by atoms with E-state index in [2.05, 4.69) is 5.32 Å². The first-order valence-corrected chi connectivity index (χ1v) is 11.5. The third-order valence-corrected chi connectivity index (χ3v) is 6.37. The molecule has 1 aliphatic carbocycles. The van der Waals surface area contributed by atoms with Gasteiger partial charge in [0.1, 0.15) is 5.82 Å². The number of hydrogen-bond acceptors (Lipinski definition) is 4. The molecule has 2 aromatic rings. The number of esters is 1. The normalized spacial score (nSPS) is 20.6. The Labute approximate surface area is 198 Å². The van der Waals surface area contributed by atoms with Gasteiger partial charge in [-0.05, 0) is 60.6 Å². The van der Waals surface area contributed by atoms with E-state index in [1.54, 1.807) is 19.1 Å². The molecule has 0 saturated heterocycles. The summed E-state index contributed by atoms with van der Waals surface area (Å²) < 4.78 is 19.7. The molecule has 1 heterocycles. The van der Waals surface area contributed by atoms with Gasteiger partial charge in [0, 0.05) is 34.3 Å². The number of halogens is 2. The molecule has 1 N–H and O–H groups in total. The first kappa shape index (κ1) is 23.2. The van der Waals surface area contributed by atoms with Crippen molar-refractivity contribution in [3.05, 3.63) is 93.0 Å². The molecule has 0 spiro atoms. The summed E-state index contributed by atoms with van der Waals surface area (Å²) in [5.74, 6) is -1.46. The highest BCUT2D eigenvalue weighted by Crippen LogP contribution is 2.45. The fourth-order valence-electron chi connectivity index (χ4n) is 4.62. The van der Waals surface area contributed by atoms with Gasteiger partial charge >= 0.3 is 5.97 Å². The summed E-state index contributed by atoms with van der Waals surface area (Å²) in [5, 5.41) is 3.96. The number of carbonyl (C=O) groups excluding carboxylic acids is 2. The van der Waals surface area contributed by atoms with Crippen LogP contribution in [0.3, 0.4) is 0 Å². The van der Waals surface area contributed by atoms with Gasteiger partial charge in [-0.15, -0.1) is 0 Å². The van der Waals surface area contributed by atoms with E-state index in [-0.39, 0.29) is 24.2 Å². The van der Waals surface area contributed by atoms with E-state index in [1.807, 2.05) is 38.1 Å². The van der Waals surface area contributed by atoms with Crippen LogP contribution in [0.5, 0.6) is 0 Å². The number of nitrogens with one attached hydrogen (secondary N) is 1. The lowest BCUT2D eigenvalue weighted by molar-refractivity contribution is -0.140. The largest absolute Gasteiger partial charge is 0.462 e. The van der Waals surface area contributed by atoms with Gasteiger partial charge in [0.2, 0.25) is 0 Å². The minimum Gasteiger partial charge on any atom is -0.462 e. The van der Waals surface area contributed by atoms with E-state index in [0.29, 0.717) is 40.3 Å². The molecule has 0 aromatic heterocycles. The molecule has 0 amide bonds. The Morgan fingerprint density at radius 2 is 1.88 bits per heavy atom. The van der Waals surface area contributed by atoms with Crippen molar-refractivity contribution in [1.29, 1.82) is 0 Å². The number of ether oxygens (including phenoxy) is 1. The third-order valence-electron chi connectivity index (χ3n) is 6.12. The summed E-state index contributed by atoms with van der Waals surface area (Å²) in [6.07, 6.45) is 0.918. The SMILES string of the molecule is CC1=C(C(=O)OCC(C)C)[C@@H](c2cccc(F)c2)C2=C(C[C@@H](c3ccc(Cl)cc3)CC2=O)N1. The van der Waals surface area contributed by atoms with Gasteiger partial charge in [-0.1, -0.05) is 49.7 Å². The van der Waals surface area contributed by atoms with Crippen LogP contribution in [0.25, 0.3) is 0 Å². The van der Waals surface area contributed by atoms with E-state index in [4.69, 9.17) is 16.3 Å². The molecule has 6 heteroatoms. The number of rotatable bonds is 5. The molecule has 2 aromatic carbocycles. The molecule has 4 rings (SSSR count). The van der Waals surface area contributed by atoms with Crippen molar-refractivity contribution in [2.45, 2.75) is 45.4 Å². The van der Waals surface area contributed by atoms with Crippen molar-refractivity contribution in [1.82, 2.24) is 5.32 Å². The third kappa shape index (κ3) is 4.88. The summed E-state index contributed by atoms with van der Waals surface area (Å²) in [5.41, 5.74) is 3.89. The quantitative estimate of drug-likeness (QED) is 0.544. The minimum atomic E-state index is -0.671. The molecule has 0 unspecified atom stereocenters. The molecule has 2 aliphatic rings. The van der Waals surface area contributed by atoms with E-state index in [0.717, 1.165) is 11.3 Å². The van der Waals surface area contributed by atoms with Crippen LogP contribution in [-0.2, 0) is 14.3 Å². The van der Waals surface area contributed by atoms with Crippen molar-refractivity contribution >= 4 is 23.4 Å². The first-order chi connectivity index (χ1) is 15.7. The van der Waals surface area contributed by atoms with Crippen molar-refractivity contribution < 1.29 is 18.7 Å². The van der Waals surface area contributed by atoms with Gasteiger partial charge in [0.15, 0.2) is 5.78 Å². The van der Waals surface area contributed by atoms with Crippen molar-refractivity contribution in [2.24, 2.45) is 5.92 Å². The van der Waals surface area contributed by atoms with E-state index >= 15 is 0 Å². The smallest absolute Gasteiger partial charge is 0.336 e. The average molecular weight is 468 g/mol. The zero-order chi connectivity index (χ0) is 23.7. The van der Waals surface area contributed by atoms with Crippen LogP contribution in [-0.4, -0.2) is 18.4 Å². The Balaban J connectivity index is 1.76. The Morgan fingerprint density at radius 3 is 2.55 bits per heavy atom. The lowest BCUT2D eigenvalue weighted by Crippen LogP contribution is -2.36. The zero-order valence-electron chi connectivity index (χ0n) is 19.0. The lowest BCUT2D eigenvalue weighted by Gasteiger charge is -2.36. The van der Waals surface area contributed by atoms with Crippen LogP contribution in [0, 0.1) is 11.7 Å². The second-order valence-corrected chi connectivity index (χ2v) is 9.55. The summed E-state index contributed by atoms with van der Waals surface area (Å²) >= 11 is 6.03. The van der Waals surface area contributed by atoms with Crippen LogP contribution >= 0.6 is 11.6 Å². The molecule has 0 bridgehead atoms. The highest BCUT2D eigenvalue weighted by atomic mass is 35.5. The van der Waals surface area contributed by atoms with E-state index < -0.39 is 17.7 Å². The number of ketones is 1. The van der Waals surface area contributed by atoms with Crippen molar-refractivity contribution in [2.75, 3.05) is 6.61 Å². The number of benzene rings is 2. The maximum absolute atomic E-state index is 14.2. The molecule has 0 fully saturated rings. The van der Waals surface area contributed by atoms with E-state index in [1.165, 1.54) is 12.1 Å². The standard InChI is InChI=1S/C27H27ClFNO3/c1-15(2)14-33-27(32)24-16(3)30-22-12-19(17-7-9-20(28)10-8-17)13-23(31)26(22)25(24)18-5-4-6-21(29)11-18/h4-11,15,19,25,30H,12-14H2,1-3H3/t19-,25-/m1/s1. The van der Waals surface area contributed by atoms with Gasteiger partial charge in [-0.2, -0.15) is 0 Å². The number of allylic oxidation sites excluding steroid dienone is 3. The number of hydrogen-bond donors (Lipinski definition) is 1. The molecule has 4 nitrogen and oxygen atoms in total. The molecule has 33 heavy (non-hydrogen) atoms. The molecule has 2 atom stereocenters. The Bertz CT molecular complexity index is 1150. The van der Waals surface area contributed by atoms with Gasteiger partial charge in [0.25, 0.3) is 0 Å². The predicted molar refractivity (Wildman–Crippen MR) is 126 cm³/mol. The summed E-state index contributed by atoms with van der Waals surface area (Å²) in [4.78, 5) is 26.6. The zero-order valence-corrected chi connectivity index (χ0v) is 19.7. The highest BCUT2D eigenvalue weighted by molar-refractivity contribution is 6.30. The summed E-state index contributed by atoms with van der Waals surface area (Å²) in [6, 6.07) is 13.6. The van der Waals surface area contributed by atoms with Gasteiger partial charge in [0.05, 0.1) is 12.2 Å². The maximum atomic E-state index is 14.2. The van der Waals surface area contributed by atoms with Crippen molar-refractivity contribution in [3.63, 3.8) is 0 Å². The fraction of sp³-hybridized carbons (Fsp3) is 0.333. The van der Waals surface area contributed by atoms with Crippen LogP contribution in [0.2, 0.25) is 5.02 Å². The van der Waals surface area contributed by atoms with Crippen LogP contribution in [0.15, 0.2) is 71.1 Å². The predicted octanol–water partition coefficient (Wildman–Crippen LogP) is 6.04. The topological polar surface area (TPSA) is 55.4 Å². The second-order valence-electron chi connectivity index (χ2n) is 9.12. The summed E-state index contributed by atoms with van der Waals surface area (Å²) in [7, 11) is 0. The van der Waals surface area contributed by atoms with Crippen LogP contribution in [0.1, 0.15) is 56.6 Å². The lowest BCUT2D eigenvalue weighted by atomic mass is 9.71. The fourth-order valence-corrected chi connectivity index (χ4v) is 4.75. The maximum Gasteiger partial charge on any atom is 0.336 e. The molecule has 0 saturated carbocycles. The van der Waals surface area contributed by atoms with Gasteiger partial charge < -0.3 is 10.1 Å². The average Bonchev–Trinajstić information content (AvgIpc) is 2.76. The molecular formula is C27H27ClFNO3. The second kappa shape index (κ2) is 9.52. The molecule has 1 aliphatic heterocycles. The summed E-state index contributed by atoms with van der Waals surface area (Å²) in [6.45, 7) is 5.99. The monoisotopic (exact) mass is 467 g/mol. The number of dihydropyridines is 1. The molecule has 172 valence electrons. The van der Waals surface area contributed by atoms with Crippen LogP contribution < -0.4 is 5.32 Å². The van der Waals surface area contributed by atoms with Crippen molar-refractivity contribution in [3.8, 4) is 0 Å². The van der Waals surface area contributed by atoms with Gasteiger partial charge in [-0.3, -0.25) is 4.79 Å². The minimum absolute atomic E-state index is 0.00332. The Hall–Kier alpha value is -2.92. The highest BCUT2D eigenvalue weighted by Gasteiger charge is 2.41. The number of Topliss-reactive ketones (excluding diaryl/α,β-unsaturated/α-hetero) is 1. The number of carbonyl (C=O) groups is 2. The Morgan fingerprint density at radius 1 is 1.15 bits per heavy atom. The van der Waals surface area contributed by atoms with Crippen LogP contribution in [0.4, 0.5) is 4.39 Å². The molecular weight excluding hydrogens is 441 g/mol. The first-order valence-electron chi connectivity index (χ1n) is 11.2. The van der Waals surface area contributed by atoms with E-state index in [9.17, 15) is 14.0 Å².